The molecule has 2 saturated carbocycles. The van der Waals surface area contributed by atoms with Gasteiger partial charge in [0.25, 0.3) is 5.97 Å². The third-order valence-electron chi connectivity index (χ3n) is 5.00. The third kappa shape index (κ3) is 4.04. The van der Waals surface area contributed by atoms with Gasteiger partial charge in [0.05, 0.1) is 11.5 Å². The number of aromatic nitrogens is 4. The second-order valence-electron chi connectivity index (χ2n) is 6.97. The van der Waals surface area contributed by atoms with Crippen LogP contribution in [0, 0.1) is 0 Å². The van der Waals surface area contributed by atoms with Gasteiger partial charge in [-0.15, -0.1) is 10.2 Å². The van der Waals surface area contributed by atoms with E-state index in [2.05, 4.69) is 40.6 Å². The highest BCUT2D eigenvalue weighted by Gasteiger charge is 2.49. The van der Waals surface area contributed by atoms with Crippen LogP contribution in [0.4, 0.5) is 0 Å². The summed E-state index contributed by atoms with van der Waals surface area (Å²) < 4.78 is 0. The molecule has 0 bridgehead atoms. The molecule has 1 heterocycles. The maximum Gasteiger partial charge on any atom is 0.300 e. The van der Waals surface area contributed by atoms with E-state index in [9.17, 15) is 0 Å². The first-order chi connectivity index (χ1) is 12.0. The van der Waals surface area contributed by atoms with Crippen molar-refractivity contribution in [3.8, 4) is 0 Å². The lowest BCUT2D eigenvalue weighted by molar-refractivity contribution is -0.134. The Bertz CT molecular complexity index is 699. The van der Waals surface area contributed by atoms with E-state index in [0.717, 1.165) is 51.3 Å². The molecule has 0 amide bonds. The van der Waals surface area contributed by atoms with Gasteiger partial charge in [-0.3, -0.25) is 4.79 Å². The van der Waals surface area contributed by atoms with Crippen LogP contribution in [-0.4, -0.2) is 37.3 Å². The number of carboxylic acids is 1. The number of aliphatic carboxylic acids is 1. The second kappa shape index (κ2) is 7.31. The molecule has 2 aromatic rings. The molecule has 134 valence electrons. The predicted molar refractivity (Wildman–Crippen MR) is 93.1 cm³/mol. The lowest BCUT2D eigenvalue weighted by atomic mass is 9.92. The van der Waals surface area contributed by atoms with E-state index in [0.29, 0.717) is 12.1 Å². The number of carboxylic acid groups (broad SMARTS) is 1. The quantitative estimate of drug-likeness (QED) is 0.885. The third-order valence-corrected chi connectivity index (χ3v) is 5.00. The smallest absolute Gasteiger partial charge is 0.300 e. The van der Waals surface area contributed by atoms with E-state index >= 15 is 0 Å². The Morgan fingerprint density at radius 2 is 1.80 bits per heavy atom. The Morgan fingerprint density at radius 1 is 1.20 bits per heavy atom. The fraction of sp³-hybridized carbons (Fsp3) is 0.556. The summed E-state index contributed by atoms with van der Waals surface area (Å²) >= 11 is 0. The number of hydrogen-bond donors (Lipinski definition) is 2. The van der Waals surface area contributed by atoms with Crippen LogP contribution in [-0.2, 0) is 10.2 Å². The molecule has 0 spiro atoms. The summed E-state index contributed by atoms with van der Waals surface area (Å²) in [6, 6.07) is 11.3. The molecule has 0 radical (unpaired) electrons. The highest BCUT2D eigenvalue weighted by Crippen LogP contribution is 2.51. The van der Waals surface area contributed by atoms with Crippen LogP contribution < -0.4 is 5.73 Å². The molecule has 25 heavy (non-hydrogen) atoms. The molecule has 0 atom stereocenters. The zero-order chi connectivity index (χ0) is 17.9. The lowest BCUT2D eigenvalue weighted by Crippen LogP contribution is -2.28. The molecule has 2 aliphatic carbocycles. The molecule has 7 heteroatoms. The lowest BCUT2D eigenvalue weighted by Gasteiger charge is -2.24. The van der Waals surface area contributed by atoms with Crippen molar-refractivity contribution in [3.05, 3.63) is 41.7 Å². The Hall–Kier alpha value is -2.28. The van der Waals surface area contributed by atoms with Gasteiger partial charge in [0, 0.05) is 13.0 Å². The molecule has 7 nitrogen and oxygen atoms in total. The van der Waals surface area contributed by atoms with Crippen LogP contribution >= 0.6 is 0 Å². The van der Waals surface area contributed by atoms with E-state index in [4.69, 9.17) is 20.7 Å². The minimum Gasteiger partial charge on any atom is -0.481 e. The molecule has 1 aromatic carbocycles. The van der Waals surface area contributed by atoms with Crippen LogP contribution in [0.3, 0.4) is 0 Å². The molecule has 2 aliphatic rings. The fourth-order valence-electron chi connectivity index (χ4n) is 3.43. The van der Waals surface area contributed by atoms with E-state index in [1.165, 1.54) is 5.56 Å². The van der Waals surface area contributed by atoms with Crippen molar-refractivity contribution in [2.75, 3.05) is 0 Å². The summed E-state index contributed by atoms with van der Waals surface area (Å²) in [4.78, 5) is 10.8. The highest BCUT2D eigenvalue weighted by atomic mass is 16.4. The molecular formula is C18H25N5O2. The monoisotopic (exact) mass is 343 g/mol. The number of nitrogens with two attached hydrogens (primary N) is 1. The molecule has 0 unspecified atom stereocenters. The largest absolute Gasteiger partial charge is 0.481 e. The first-order valence-electron chi connectivity index (χ1n) is 8.82. The average Bonchev–Trinajstić information content (AvgIpc) is 3.26. The van der Waals surface area contributed by atoms with Crippen molar-refractivity contribution >= 4 is 5.97 Å². The maximum atomic E-state index is 9.00. The summed E-state index contributed by atoms with van der Waals surface area (Å²) in [5.41, 5.74) is 7.30. The Morgan fingerprint density at radius 3 is 2.36 bits per heavy atom. The van der Waals surface area contributed by atoms with Gasteiger partial charge in [-0.05, 0) is 49.3 Å². The fourth-order valence-corrected chi connectivity index (χ4v) is 3.43. The van der Waals surface area contributed by atoms with E-state index < -0.39 is 5.97 Å². The summed E-state index contributed by atoms with van der Waals surface area (Å²) in [6.07, 6.45) is 6.50. The molecule has 0 aliphatic heterocycles. The number of nitrogens with zero attached hydrogens (tertiary/aromatic N) is 4. The average molecular weight is 343 g/mol. The molecule has 3 N–H and O–H groups in total. The van der Waals surface area contributed by atoms with Crippen molar-refractivity contribution in [3.63, 3.8) is 0 Å². The summed E-state index contributed by atoms with van der Waals surface area (Å²) in [5.74, 6) is 0.0589. The van der Waals surface area contributed by atoms with Crippen molar-refractivity contribution in [2.24, 2.45) is 5.73 Å². The molecule has 4 rings (SSSR count). The van der Waals surface area contributed by atoms with Crippen LogP contribution in [0.15, 0.2) is 30.3 Å². The summed E-state index contributed by atoms with van der Waals surface area (Å²) in [6.45, 7) is 1.08. The van der Waals surface area contributed by atoms with Crippen LogP contribution in [0.25, 0.3) is 0 Å². The number of hydrogen-bond acceptors (Lipinski definition) is 5. The standard InChI is InChI=1S/C16H21N5.C2H4O2/c17-13-6-8-14(9-7-13)21-19-15(18-20-21)16(10-11-16)12-4-2-1-3-5-12;1-2(3)4/h1-5,13-14H,6-11,17H2;1H3,(H,3,4). The van der Waals surface area contributed by atoms with Gasteiger partial charge in [0.1, 0.15) is 0 Å². The zero-order valence-electron chi connectivity index (χ0n) is 14.5. The van der Waals surface area contributed by atoms with Gasteiger partial charge >= 0.3 is 0 Å². The van der Waals surface area contributed by atoms with Crippen molar-refractivity contribution in [1.82, 2.24) is 20.2 Å². The van der Waals surface area contributed by atoms with Crippen LogP contribution in [0.2, 0.25) is 0 Å². The van der Waals surface area contributed by atoms with Gasteiger partial charge in [0.2, 0.25) is 0 Å². The molecule has 1 aromatic heterocycles. The first-order valence-corrected chi connectivity index (χ1v) is 8.82. The molecule has 2 fully saturated rings. The SMILES string of the molecule is CC(=O)O.NC1CCC(n2nnc(C3(c4ccccc4)CC3)n2)CC1. The highest BCUT2D eigenvalue weighted by molar-refractivity contribution is 5.62. The minimum atomic E-state index is -0.833. The van der Waals surface area contributed by atoms with Gasteiger partial charge in [0.15, 0.2) is 5.82 Å². The Kier molecular flexibility index (Phi) is 5.13. The van der Waals surface area contributed by atoms with Gasteiger partial charge in [-0.1, -0.05) is 30.3 Å². The summed E-state index contributed by atoms with van der Waals surface area (Å²) in [5, 5.41) is 20.8. The number of tetrazole rings is 1. The topological polar surface area (TPSA) is 107 Å². The number of carbonyl (C=O) groups is 1. The summed E-state index contributed by atoms with van der Waals surface area (Å²) in [7, 11) is 0. The van der Waals surface area contributed by atoms with Gasteiger partial charge in [-0.2, -0.15) is 4.80 Å². The Labute approximate surface area is 147 Å². The van der Waals surface area contributed by atoms with Crippen molar-refractivity contribution in [2.45, 2.75) is 62.9 Å². The van der Waals surface area contributed by atoms with E-state index in [-0.39, 0.29) is 5.41 Å². The minimum absolute atomic E-state index is 0.0184. The van der Waals surface area contributed by atoms with Crippen LogP contribution in [0.1, 0.15) is 62.9 Å². The normalized spacial score (nSPS) is 24.1. The second-order valence-corrected chi connectivity index (χ2v) is 6.97. The van der Waals surface area contributed by atoms with Crippen LogP contribution in [0.5, 0.6) is 0 Å². The zero-order valence-corrected chi connectivity index (χ0v) is 14.5. The molecule has 0 saturated heterocycles. The van der Waals surface area contributed by atoms with Gasteiger partial charge < -0.3 is 10.8 Å². The molecular weight excluding hydrogens is 318 g/mol. The van der Waals surface area contributed by atoms with E-state index in [1.807, 2.05) is 4.80 Å². The van der Waals surface area contributed by atoms with E-state index in [1.54, 1.807) is 0 Å². The Balaban J connectivity index is 0.000000415. The van der Waals surface area contributed by atoms with Crippen molar-refractivity contribution < 1.29 is 9.90 Å². The predicted octanol–water partition coefficient (Wildman–Crippen LogP) is 2.29. The van der Waals surface area contributed by atoms with Gasteiger partial charge in [-0.25, -0.2) is 0 Å². The first kappa shape index (κ1) is 17.5. The maximum absolute atomic E-state index is 9.00. The number of benzene rings is 1. The van der Waals surface area contributed by atoms with Crippen molar-refractivity contribution in [1.29, 1.82) is 0 Å². The number of rotatable bonds is 3.